The zero-order valence-corrected chi connectivity index (χ0v) is 12.9. The van der Waals surface area contributed by atoms with Gasteiger partial charge in [-0.3, -0.25) is 4.40 Å². The molecule has 0 aliphatic heterocycles. The molecule has 2 heterocycles. The average molecular weight is 279 g/mol. The number of hydrogen-bond donors (Lipinski definition) is 1. The maximum Gasteiger partial charge on any atom is 0.193 e. The minimum Gasteiger partial charge on any atom is -0.317 e. The molecule has 19 heavy (non-hydrogen) atoms. The number of likely N-dealkylation sites (N-methyl/N-ethyl adjacent to an activating group) is 1. The number of hydrogen-bond acceptors (Lipinski definition) is 3. The fourth-order valence-corrected chi connectivity index (χ4v) is 3.19. The molecule has 0 aromatic carbocycles. The number of rotatable bonds is 9. The Morgan fingerprint density at radius 2 is 2.16 bits per heavy atom. The van der Waals surface area contributed by atoms with Crippen LogP contribution in [0.25, 0.3) is 4.96 Å². The molecule has 0 fully saturated rings. The van der Waals surface area contributed by atoms with Crippen LogP contribution >= 0.6 is 11.3 Å². The Balaban J connectivity index is 1.76. The zero-order chi connectivity index (χ0) is 13.5. The van der Waals surface area contributed by atoms with Gasteiger partial charge in [0.25, 0.3) is 0 Å². The number of aromatic nitrogens is 2. The maximum atomic E-state index is 4.66. The van der Waals surface area contributed by atoms with Gasteiger partial charge in [0.2, 0.25) is 0 Å². The first kappa shape index (κ1) is 14.5. The van der Waals surface area contributed by atoms with Crippen molar-refractivity contribution in [3.63, 3.8) is 0 Å². The van der Waals surface area contributed by atoms with Crippen molar-refractivity contribution in [3.05, 3.63) is 23.5 Å². The van der Waals surface area contributed by atoms with Gasteiger partial charge in [-0.15, -0.1) is 11.3 Å². The van der Waals surface area contributed by atoms with Gasteiger partial charge < -0.3 is 5.32 Å². The first-order valence-corrected chi connectivity index (χ1v) is 8.29. The summed E-state index contributed by atoms with van der Waals surface area (Å²) in [5.74, 6) is 0. The standard InChI is InChI=1S/C15H25N3S/c1-3-4-5-6-7-8-13(16-2)11-14-12-18-9-10-19-15(18)17-14/h9-10,12-13,16H,3-8,11H2,1-2H3. The van der Waals surface area contributed by atoms with E-state index in [4.69, 9.17) is 0 Å². The van der Waals surface area contributed by atoms with Crippen LogP contribution in [0.15, 0.2) is 17.8 Å². The lowest BCUT2D eigenvalue weighted by Gasteiger charge is -2.14. The minimum absolute atomic E-state index is 0.561. The molecular formula is C15H25N3S. The molecule has 2 rings (SSSR count). The van der Waals surface area contributed by atoms with E-state index in [-0.39, 0.29) is 0 Å². The van der Waals surface area contributed by atoms with E-state index in [1.165, 1.54) is 44.2 Å². The van der Waals surface area contributed by atoms with E-state index >= 15 is 0 Å². The fourth-order valence-electron chi connectivity index (χ4n) is 2.47. The highest BCUT2D eigenvalue weighted by molar-refractivity contribution is 7.15. The van der Waals surface area contributed by atoms with E-state index in [1.54, 1.807) is 11.3 Å². The van der Waals surface area contributed by atoms with Crippen LogP contribution in [0, 0.1) is 0 Å². The van der Waals surface area contributed by atoms with Gasteiger partial charge in [0.1, 0.15) is 0 Å². The lowest BCUT2D eigenvalue weighted by molar-refractivity contribution is 0.479. The first-order chi connectivity index (χ1) is 9.33. The largest absolute Gasteiger partial charge is 0.317 e. The van der Waals surface area contributed by atoms with Crippen LogP contribution < -0.4 is 5.32 Å². The third-order valence-electron chi connectivity index (χ3n) is 3.66. The molecule has 1 unspecified atom stereocenters. The summed E-state index contributed by atoms with van der Waals surface area (Å²) in [6.07, 6.45) is 13.3. The highest BCUT2D eigenvalue weighted by Crippen LogP contribution is 2.14. The van der Waals surface area contributed by atoms with Gasteiger partial charge in [0.05, 0.1) is 5.69 Å². The van der Waals surface area contributed by atoms with Crippen molar-refractivity contribution in [2.24, 2.45) is 0 Å². The van der Waals surface area contributed by atoms with Gasteiger partial charge in [0.15, 0.2) is 4.96 Å². The number of nitrogens with zero attached hydrogens (tertiary/aromatic N) is 2. The predicted octanol–water partition coefficient (Wildman–Crippen LogP) is 3.89. The van der Waals surface area contributed by atoms with Crippen molar-refractivity contribution in [1.82, 2.24) is 14.7 Å². The summed E-state index contributed by atoms with van der Waals surface area (Å²) in [7, 11) is 2.06. The molecule has 0 saturated heterocycles. The Bertz CT molecular complexity index is 446. The van der Waals surface area contributed by atoms with Gasteiger partial charge >= 0.3 is 0 Å². The molecule has 0 radical (unpaired) electrons. The Labute approximate surface area is 120 Å². The van der Waals surface area contributed by atoms with Crippen LogP contribution in [0.5, 0.6) is 0 Å². The Morgan fingerprint density at radius 1 is 1.32 bits per heavy atom. The lowest BCUT2D eigenvalue weighted by Crippen LogP contribution is -2.27. The van der Waals surface area contributed by atoms with Crippen molar-refractivity contribution in [3.8, 4) is 0 Å². The number of unbranched alkanes of at least 4 members (excludes halogenated alkanes) is 4. The Hall–Kier alpha value is -0.870. The van der Waals surface area contributed by atoms with Gasteiger partial charge in [-0.1, -0.05) is 39.0 Å². The number of thiazole rings is 1. The molecule has 0 aliphatic rings. The molecule has 106 valence electrons. The molecule has 0 aliphatic carbocycles. The lowest BCUT2D eigenvalue weighted by atomic mass is 10.0. The van der Waals surface area contributed by atoms with E-state index in [9.17, 15) is 0 Å². The Kier molecular flexibility index (Phi) is 5.86. The molecule has 1 atom stereocenters. The highest BCUT2D eigenvalue weighted by Gasteiger charge is 2.10. The number of fused-ring (bicyclic) bond motifs is 1. The van der Waals surface area contributed by atoms with E-state index in [1.807, 2.05) is 0 Å². The van der Waals surface area contributed by atoms with Crippen LogP contribution in [-0.4, -0.2) is 22.5 Å². The minimum atomic E-state index is 0.561. The predicted molar refractivity (Wildman–Crippen MR) is 83.0 cm³/mol. The SMILES string of the molecule is CCCCCCCC(Cc1cn2ccsc2n1)NC. The Morgan fingerprint density at radius 3 is 2.89 bits per heavy atom. The molecule has 3 nitrogen and oxygen atoms in total. The van der Waals surface area contributed by atoms with Crippen molar-refractivity contribution >= 4 is 16.3 Å². The second-order valence-corrected chi connectivity index (χ2v) is 6.09. The molecule has 4 heteroatoms. The van der Waals surface area contributed by atoms with Crippen LogP contribution in [0.3, 0.4) is 0 Å². The summed E-state index contributed by atoms with van der Waals surface area (Å²) in [6.45, 7) is 2.26. The van der Waals surface area contributed by atoms with Crippen molar-refractivity contribution in [1.29, 1.82) is 0 Å². The maximum absolute atomic E-state index is 4.66. The van der Waals surface area contributed by atoms with Crippen LogP contribution in [-0.2, 0) is 6.42 Å². The summed E-state index contributed by atoms with van der Waals surface area (Å²) in [5, 5.41) is 5.51. The third-order valence-corrected chi connectivity index (χ3v) is 4.43. The van der Waals surface area contributed by atoms with Crippen LogP contribution in [0.4, 0.5) is 0 Å². The quantitative estimate of drug-likeness (QED) is 0.706. The highest BCUT2D eigenvalue weighted by atomic mass is 32.1. The molecule has 2 aromatic rings. The molecule has 1 N–H and O–H groups in total. The van der Waals surface area contributed by atoms with Crippen molar-refractivity contribution in [2.75, 3.05) is 7.05 Å². The molecular weight excluding hydrogens is 254 g/mol. The van der Waals surface area contributed by atoms with E-state index < -0.39 is 0 Å². The first-order valence-electron chi connectivity index (χ1n) is 7.41. The van der Waals surface area contributed by atoms with Crippen molar-refractivity contribution in [2.45, 2.75) is 57.9 Å². The summed E-state index contributed by atoms with van der Waals surface area (Å²) >= 11 is 1.70. The number of imidazole rings is 1. The van der Waals surface area contributed by atoms with Gasteiger partial charge in [-0.25, -0.2) is 4.98 Å². The topological polar surface area (TPSA) is 29.3 Å². The molecule has 0 saturated carbocycles. The summed E-state index contributed by atoms with van der Waals surface area (Å²) < 4.78 is 2.12. The van der Waals surface area contributed by atoms with Crippen LogP contribution in [0.1, 0.15) is 51.1 Å². The number of nitrogens with one attached hydrogen (secondary N) is 1. The zero-order valence-electron chi connectivity index (χ0n) is 12.1. The van der Waals surface area contributed by atoms with E-state index in [0.717, 1.165) is 11.4 Å². The summed E-state index contributed by atoms with van der Waals surface area (Å²) in [5.41, 5.74) is 1.21. The smallest absolute Gasteiger partial charge is 0.193 e. The van der Waals surface area contributed by atoms with Gasteiger partial charge in [0, 0.05) is 30.2 Å². The van der Waals surface area contributed by atoms with Gasteiger partial charge in [-0.05, 0) is 13.5 Å². The third kappa shape index (κ3) is 4.32. The molecule has 0 bridgehead atoms. The monoisotopic (exact) mass is 279 g/mol. The van der Waals surface area contributed by atoms with E-state index in [0.29, 0.717) is 6.04 Å². The molecule has 0 spiro atoms. The second-order valence-electron chi connectivity index (χ2n) is 5.22. The van der Waals surface area contributed by atoms with Crippen molar-refractivity contribution < 1.29 is 0 Å². The second kappa shape index (κ2) is 7.65. The summed E-state index contributed by atoms with van der Waals surface area (Å²) in [6, 6.07) is 0.561. The molecule has 0 amide bonds. The van der Waals surface area contributed by atoms with Crippen LogP contribution in [0.2, 0.25) is 0 Å². The fraction of sp³-hybridized carbons (Fsp3) is 0.667. The molecule has 2 aromatic heterocycles. The normalized spacial score (nSPS) is 13.2. The average Bonchev–Trinajstić information content (AvgIpc) is 2.97. The summed E-state index contributed by atoms with van der Waals surface area (Å²) in [4.78, 5) is 5.76. The van der Waals surface area contributed by atoms with E-state index in [2.05, 4.69) is 46.4 Å². The van der Waals surface area contributed by atoms with Gasteiger partial charge in [-0.2, -0.15) is 0 Å².